The zero-order valence-corrected chi connectivity index (χ0v) is 14.3. The number of ether oxygens (including phenoxy) is 1. The fourth-order valence-electron chi connectivity index (χ4n) is 2.42. The van der Waals surface area contributed by atoms with Crippen molar-refractivity contribution in [1.29, 1.82) is 0 Å². The second kappa shape index (κ2) is 7.47. The molecule has 0 bridgehead atoms. The van der Waals surface area contributed by atoms with E-state index < -0.39 is 11.4 Å². The number of anilines is 1. The van der Waals surface area contributed by atoms with Crippen molar-refractivity contribution < 1.29 is 19.1 Å². The molecule has 1 aromatic carbocycles. The Morgan fingerprint density at radius 3 is 2.50 bits per heavy atom. The van der Waals surface area contributed by atoms with Gasteiger partial charge < -0.3 is 15.4 Å². The van der Waals surface area contributed by atoms with Gasteiger partial charge in [-0.3, -0.25) is 9.59 Å². The summed E-state index contributed by atoms with van der Waals surface area (Å²) >= 11 is 0. The summed E-state index contributed by atoms with van der Waals surface area (Å²) in [5.41, 5.74) is -0.149. The van der Waals surface area contributed by atoms with Crippen LogP contribution in [-0.4, -0.2) is 31.4 Å². The average molecular weight is 332 g/mol. The molecular weight excluding hydrogens is 308 g/mol. The molecule has 0 radical (unpaired) electrons. The van der Waals surface area contributed by atoms with Crippen LogP contribution < -0.4 is 10.6 Å². The van der Waals surface area contributed by atoms with Gasteiger partial charge in [-0.05, 0) is 43.4 Å². The lowest BCUT2D eigenvalue weighted by atomic mass is 10.0. The Kier molecular flexibility index (Phi) is 5.59. The summed E-state index contributed by atoms with van der Waals surface area (Å²) in [5, 5.41) is 5.58. The van der Waals surface area contributed by atoms with Gasteiger partial charge in [-0.1, -0.05) is 19.9 Å². The monoisotopic (exact) mass is 332 g/mol. The van der Waals surface area contributed by atoms with Gasteiger partial charge in [0, 0.05) is 12.2 Å². The number of nitrogens with one attached hydrogen (secondary N) is 2. The van der Waals surface area contributed by atoms with E-state index in [0.717, 1.165) is 6.42 Å². The molecule has 1 fully saturated rings. The smallest absolute Gasteiger partial charge is 0.337 e. The van der Waals surface area contributed by atoms with E-state index in [0.29, 0.717) is 36.6 Å². The molecule has 0 saturated heterocycles. The standard InChI is InChI=1S/C18H24N2O4/c1-12(2)7-10-19-16(22)18(8-9-18)17(23)20-14-6-4-5-13(11-14)15(21)24-3/h4-6,11-12H,7-10H2,1-3H3,(H,19,22)(H,20,23). The Bertz CT molecular complexity index is 636. The van der Waals surface area contributed by atoms with Gasteiger partial charge in [-0.15, -0.1) is 0 Å². The third-order valence-corrected chi connectivity index (χ3v) is 4.17. The van der Waals surface area contributed by atoms with Gasteiger partial charge in [0.15, 0.2) is 0 Å². The first-order valence-corrected chi connectivity index (χ1v) is 8.17. The highest BCUT2D eigenvalue weighted by atomic mass is 16.5. The molecule has 2 N–H and O–H groups in total. The molecule has 0 heterocycles. The van der Waals surface area contributed by atoms with Gasteiger partial charge in [0.2, 0.25) is 11.8 Å². The zero-order valence-electron chi connectivity index (χ0n) is 14.3. The van der Waals surface area contributed by atoms with E-state index in [9.17, 15) is 14.4 Å². The number of methoxy groups -OCH3 is 1. The maximum absolute atomic E-state index is 12.5. The van der Waals surface area contributed by atoms with Crippen LogP contribution in [0.2, 0.25) is 0 Å². The summed E-state index contributed by atoms with van der Waals surface area (Å²) in [4.78, 5) is 36.4. The first-order chi connectivity index (χ1) is 11.4. The molecule has 0 spiro atoms. The van der Waals surface area contributed by atoms with E-state index in [1.54, 1.807) is 18.2 Å². The van der Waals surface area contributed by atoms with E-state index in [4.69, 9.17) is 0 Å². The van der Waals surface area contributed by atoms with E-state index >= 15 is 0 Å². The summed E-state index contributed by atoms with van der Waals surface area (Å²) in [6.45, 7) is 4.74. The normalized spacial score (nSPS) is 14.8. The van der Waals surface area contributed by atoms with Crippen molar-refractivity contribution in [3.8, 4) is 0 Å². The molecule has 130 valence electrons. The van der Waals surface area contributed by atoms with Crippen LogP contribution in [0.3, 0.4) is 0 Å². The van der Waals surface area contributed by atoms with E-state index in [2.05, 4.69) is 29.2 Å². The highest BCUT2D eigenvalue weighted by Crippen LogP contribution is 2.46. The third-order valence-electron chi connectivity index (χ3n) is 4.17. The molecule has 1 aliphatic rings. The van der Waals surface area contributed by atoms with Crippen molar-refractivity contribution in [1.82, 2.24) is 5.32 Å². The van der Waals surface area contributed by atoms with Gasteiger partial charge in [0.25, 0.3) is 0 Å². The summed E-state index contributed by atoms with van der Waals surface area (Å²) in [6.07, 6.45) is 1.97. The van der Waals surface area contributed by atoms with E-state index in [-0.39, 0.29) is 11.8 Å². The van der Waals surface area contributed by atoms with Crippen molar-refractivity contribution in [3.63, 3.8) is 0 Å². The Morgan fingerprint density at radius 2 is 1.92 bits per heavy atom. The molecule has 1 aromatic rings. The molecule has 1 aliphatic carbocycles. The zero-order chi connectivity index (χ0) is 17.7. The molecule has 0 aliphatic heterocycles. The predicted octanol–water partition coefficient (Wildman–Crippen LogP) is 2.35. The number of carbonyl (C=O) groups excluding carboxylic acids is 3. The van der Waals surface area contributed by atoms with Crippen molar-refractivity contribution >= 4 is 23.5 Å². The Hall–Kier alpha value is -2.37. The molecule has 1 saturated carbocycles. The molecule has 2 amide bonds. The molecule has 2 rings (SSSR count). The van der Waals surface area contributed by atoms with Crippen molar-refractivity contribution in [3.05, 3.63) is 29.8 Å². The fraction of sp³-hybridized carbons (Fsp3) is 0.500. The van der Waals surface area contributed by atoms with Crippen molar-refractivity contribution in [2.24, 2.45) is 11.3 Å². The lowest BCUT2D eigenvalue weighted by Gasteiger charge is -2.16. The number of carbonyl (C=O) groups is 3. The van der Waals surface area contributed by atoms with Gasteiger partial charge in [0.05, 0.1) is 12.7 Å². The highest BCUT2D eigenvalue weighted by Gasteiger charge is 2.56. The van der Waals surface area contributed by atoms with Gasteiger partial charge in [-0.25, -0.2) is 4.79 Å². The molecule has 24 heavy (non-hydrogen) atoms. The minimum Gasteiger partial charge on any atom is -0.465 e. The molecule has 6 heteroatoms. The summed E-state index contributed by atoms with van der Waals surface area (Å²) in [6, 6.07) is 6.48. The Labute approximate surface area is 142 Å². The maximum Gasteiger partial charge on any atom is 0.337 e. The third kappa shape index (κ3) is 4.13. The maximum atomic E-state index is 12.5. The van der Waals surface area contributed by atoms with Gasteiger partial charge >= 0.3 is 5.97 Å². The number of benzene rings is 1. The second-order valence-corrected chi connectivity index (χ2v) is 6.55. The van der Waals surface area contributed by atoms with E-state index in [1.165, 1.54) is 13.2 Å². The highest BCUT2D eigenvalue weighted by molar-refractivity contribution is 6.13. The molecule has 0 aromatic heterocycles. The van der Waals surface area contributed by atoms with Crippen LogP contribution in [0.15, 0.2) is 24.3 Å². The Balaban J connectivity index is 1.99. The predicted molar refractivity (Wildman–Crippen MR) is 90.5 cm³/mol. The summed E-state index contributed by atoms with van der Waals surface area (Å²) in [5.74, 6) is -0.523. The van der Waals surface area contributed by atoms with Crippen molar-refractivity contribution in [2.45, 2.75) is 33.1 Å². The van der Waals surface area contributed by atoms with E-state index in [1.807, 2.05) is 0 Å². The number of hydrogen-bond donors (Lipinski definition) is 2. The first-order valence-electron chi connectivity index (χ1n) is 8.17. The van der Waals surface area contributed by atoms with Crippen LogP contribution in [-0.2, 0) is 14.3 Å². The van der Waals surface area contributed by atoms with Crippen LogP contribution >= 0.6 is 0 Å². The van der Waals surface area contributed by atoms with Crippen molar-refractivity contribution in [2.75, 3.05) is 19.0 Å². The molecule has 0 unspecified atom stereocenters. The summed E-state index contributed by atoms with van der Waals surface area (Å²) in [7, 11) is 1.30. The quantitative estimate of drug-likeness (QED) is 0.593. The minimum atomic E-state index is -0.974. The van der Waals surface area contributed by atoms with Gasteiger partial charge in [0.1, 0.15) is 5.41 Å². The number of rotatable bonds is 7. The van der Waals surface area contributed by atoms with Crippen LogP contribution in [0, 0.1) is 11.3 Å². The SMILES string of the molecule is COC(=O)c1cccc(NC(=O)C2(C(=O)NCCC(C)C)CC2)c1. The average Bonchev–Trinajstić information content (AvgIpc) is 3.35. The number of hydrogen-bond acceptors (Lipinski definition) is 4. The lowest BCUT2D eigenvalue weighted by molar-refractivity contribution is -0.134. The Morgan fingerprint density at radius 1 is 1.21 bits per heavy atom. The number of amides is 2. The second-order valence-electron chi connectivity index (χ2n) is 6.55. The van der Waals surface area contributed by atoms with Crippen LogP contribution in [0.1, 0.15) is 43.5 Å². The topological polar surface area (TPSA) is 84.5 Å². The van der Waals surface area contributed by atoms with Crippen LogP contribution in [0.5, 0.6) is 0 Å². The first kappa shape index (κ1) is 18.0. The minimum absolute atomic E-state index is 0.218. The molecule has 0 atom stereocenters. The molecular formula is C18H24N2O4. The summed E-state index contributed by atoms with van der Waals surface area (Å²) < 4.78 is 4.66. The molecule has 6 nitrogen and oxygen atoms in total. The van der Waals surface area contributed by atoms with Gasteiger partial charge in [-0.2, -0.15) is 0 Å². The van der Waals surface area contributed by atoms with Crippen LogP contribution in [0.25, 0.3) is 0 Å². The largest absolute Gasteiger partial charge is 0.465 e. The fourth-order valence-corrected chi connectivity index (χ4v) is 2.42. The lowest BCUT2D eigenvalue weighted by Crippen LogP contribution is -2.40. The van der Waals surface area contributed by atoms with Crippen LogP contribution in [0.4, 0.5) is 5.69 Å². The number of esters is 1.